The second-order valence-corrected chi connectivity index (χ2v) is 40.2. The van der Waals surface area contributed by atoms with Gasteiger partial charge in [-0.3, -0.25) is 34.5 Å². The minimum atomic E-state index is -1.64. The molecule has 1 saturated carbocycles. The minimum absolute atomic E-state index is 0.0228. The lowest BCUT2D eigenvalue weighted by Crippen LogP contribution is -2.48. The lowest BCUT2D eigenvalue weighted by molar-refractivity contribution is -0.132. The molecule has 768 valence electrons. The number of amides is 3. The Bertz CT molecular complexity index is 6080. The summed E-state index contributed by atoms with van der Waals surface area (Å²) in [4.78, 5) is 97.9. The van der Waals surface area contributed by atoms with Gasteiger partial charge in [0, 0.05) is 128 Å². The number of carbonyl (C=O) groups excluding carboxylic acids is 4. The van der Waals surface area contributed by atoms with Gasteiger partial charge < -0.3 is 45.3 Å². The van der Waals surface area contributed by atoms with Gasteiger partial charge in [-0.05, 0) is 336 Å². The van der Waals surface area contributed by atoms with Crippen molar-refractivity contribution in [3.8, 4) is 11.5 Å². The number of benzene rings is 8. The Morgan fingerprint density at radius 3 is 0.881 bits per heavy atom. The van der Waals surface area contributed by atoms with Gasteiger partial charge in [0.2, 0.25) is 0 Å². The number of halogens is 12. The van der Waals surface area contributed by atoms with Gasteiger partial charge in [0.05, 0.1) is 24.2 Å². The van der Waals surface area contributed by atoms with Crippen LogP contribution in [0.1, 0.15) is 250 Å². The monoisotopic (exact) mass is 2000 g/mol. The number of hydrogen-bond donors (Lipinski definition) is 7. The first kappa shape index (κ1) is 112. The highest BCUT2D eigenvalue weighted by molar-refractivity contribution is 5.90. The number of rotatable bonds is 31. The van der Waals surface area contributed by atoms with E-state index in [2.05, 4.69) is 16.0 Å². The molecule has 4 heterocycles. The van der Waals surface area contributed by atoms with E-state index in [1.807, 2.05) is 27.7 Å². The second kappa shape index (κ2) is 47.1. The molecule has 0 radical (unpaired) electrons. The van der Waals surface area contributed by atoms with E-state index in [9.17, 15) is 55.9 Å². The number of urea groups is 1. The number of ketones is 2. The Morgan fingerprint density at radius 1 is 0.378 bits per heavy atom. The van der Waals surface area contributed by atoms with E-state index in [-0.39, 0.29) is 120 Å². The Hall–Kier alpha value is -12.9. The van der Waals surface area contributed by atoms with E-state index in [1.54, 1.807) is 120 Å². The van der Waals surface area contributed by atoms with Crippen LogP contribution < -0.4 is 25.4 Å². The van der Waals surface area contributed by atoms with Crippen molar-refractivity contribution in [2.75, 3.05) is 57.1 Å². The SMILES string of the molecule is CC1Cc2cc(NC(=O)OC(C)(C)C)ccc2C(c2c(F)cc(/C=C/C(=O)O)cc2F)N1CC(C)(C)F.CC1Cc2cc(OCC(=O)CC3CC3)ccc2C(c2c(F)cc(/C=C/C(=O)O)cc2F)N1CC(C)(C)F.CCC(=O)COc1ccc2c(c1)CC(C)N(CC(C)(C)F)C2c1c(F)cc(/C=C/C(=O)O)cc1F.CNC(=O)Nc1ccc2c(c1)CC(C)N(CC(C)(C)F)C2c1c(F)cc(/C=C/C(=O)O)cc1F. The Kier molecular flexibility index (Phi) is 36.9. The molecule has 7 N–H and O–H groups in total. The second-order valence-electron chi connectivity index (χ2n) is 40.2. The fourth-order valence-corrected chi connectivity index (χ4v) is 18.2. The number of anilines is 2. The van der Waals surface area contributed by atoms with Gasteiger partial charge in [0.25, 0.3) is 0 Å². The van der Waals surface area contributed by atoms with Crippen LogP contribution in [0.15, 0.2) is 146 Å². The lowest BCUT2D eigenvalue weighted by atomic mass is 9.83. The summed E-state index contributed by atoms with van der Waals surface area (Å²) in [5.74, 6) is -10.3. The largest absolute Gasteiger partial charge is 0.486 e. The Balaban J connectivity index is 0.000000196. The van der Waals surface area contributed by atoms with E-state index < -0.39 is 135 Å². The zero-order valence-electron chi connectivity index (χ0n) is 82.9. The van der Waals surface area contributed by atoms with Crippen molar-refractivity contribution < 1.29 is 126 Å². The van der Waals surface area contributed by atoms with Gasteiger partial charge in [-0.15, -0.1) is 0 Å². The molecule has 8 aromatic rings. The number of fused-ring (bicyclic) bond motifs is 4. The summed E-state index contributed by atoms with van der Waals surface area (Å²) in [6.45, 7) is 25.5. The molecule has 8 atom stereocenters. The van der Waals surface area contributed by atoms with Crippen LogP contribution in [0.5, 0.6) is 11.5 Å². The molecule has 4 aliphatic heterocycles. The third-order valence-electron chi connectivity index (χ3n) is 24.3. The molecule has 1 aliphatic carbocycles. The van der Waals surface area contributed by atoms with Gasteiger partial charge in [0.1, 0.15) is 99.5 Å². The van der Waals surface area contributed by atoms with Crippen LogP contribution in [0.3, 0.4) is 0 Å². The molecule has 1 fully saturated rings. The number of carboxylic acids is 4. The van der Waals surface area contributed by atoms with Crippen molar-refractivity contribution in [3.63, 3.8) is 0 Å². The quantitative estimate of drug-likeness (QED) is 0.0157. The maximum absolute atomic E-state index is 15.4. The normalized spacial score (nSPS) is 18.9. The zero-order chi connectivity index (χ0) is 106. The van der Waals surface area contributed by atoms with Gasteiger partial charge in [-0.25, -0.2) is 81.5 Å². The summed E-state index contributed by atoms with van der Waals surface area (Å²) < 4.78 is 199. The number of carbonyl (C=O) groups is 8. The first-order valence-electron chi connectivity index (χ1n) is 46.9. The molecule has 34 heteroatoms. The highest BCUT2D eigenvalue weighted by Gasteiger charge is 2.46. The number of ether oxygens (including phenoxy) is 3. The molecule has 0 saturated heterocycles. The summed E-state index contributed by atoms with van der Waals surface area (Å²) in [6.07, 6.45) is 12.0. The number of Topliss-reactive ketones (excluding diaryl/α,β-unsaturated/α-hetero) is 2. The molecule has 3 amide bonds. The summed E-state index contributed by atoms with van der Waals surface area (Å²) in [6, 6.07) is 23.9. The zero-order valence-corrected chi connectivity index (χ0v) is 82.9. The minimum Gasteiger partial charge on any atom is -0.486 e. The molecule has 0 bridgehead atoms. The fourth-order valence-electron chi connectivity index (χ4n) is 18.2. The average molecular weight is 2000 g/mol. The van der Waals surface area contributed by atoms with Crippen LogP contribution in [0, 0.1) is 52.5 Å². The van der Waals surface area contributed by atoms with Crippen LogP contribution in [0.4, 0.5) is 73.6 Å². The standard InChI is InChI=1S/C29H32F3NO4.C28H33F3N2O4.C27H30F3NO4.C25H28F3N3O3/c1-17-10-20-14-22(37-15-21(34)11-18-4-5-18)7-8-23(20)28(33(17)16-29(2,3)32)27-24(30)12-19(13-25(27)31)6-9-26(35)36;1-16-11-18-14-19(32-26(36)37-27(2,3)4)8-9-20(18)25(33(16)15-28(5,6)31)24-21(29)12-17(13-22(24)30)7-10-23(34)35;1-5-19(32)14-35-20-7-8-21-18(13-20)10-16(2)31(15-27(3,4)30)26(21)25-22(28)11-17(12-23(25)29)6-9-24(33)34;1-14-9-16-12-17(30-24(34)29-4)6-7-18(16)23(31(14)13-25(2,3)28)22-19(26)10-15(11-20(22)27)5-8-21(32)33/h6-9,12-14,17-18,28H,4-5,10-11,15-16H2,1-3H3,(H,35,36);7-10,12-14,16,25H,11,15H2,1-6H3,(H,32,36)(H,34,35);6-9,11-13,16,26H,5,10,14-15H2,1-4H3,(H,33,34);5-8,10-12,14,23H,9,13H2,1-4H3,(H,32,33)(H2,29,30,34)/b9-6+;10-7+;9-6+;8-5+. The van der Waals surface area contributed by atoms with E-state index in [0.29, 0.717) is 89.6 Å². The molecule has 0 aromatic heterocycles. The third kappa shape index (κ3) is 31.5. The van der Waals surface area contributed by atoms with E-state index in [4.69, 9.17) is 34.6 Å². The van der Waals surface area contributed by atoms with E-state index in [0.717, 1.165) is 132 Å². The van der Waals surface area contributed by atoms with Gasteiger partial charge in [0.15, 0.2) is 11.6 Å². The first-order valence-corrected chi connectivity index (χ1v) is 46.9. The van der Waals surface area contributed by atoms with E-state index >= 15 is 35.1 Å². The lowest BCUT2D eigenvalue weighted by Gasteiger charge is -2.44. The van der Waals surface area contributed by atoms with Gasteiger partial charge in [-0.2, -0.15) is 0 Å². The molecule has 13 rings (SSSR count). The van der Waals surface area contributed by atoms with Crippen molar-refractivity contribution in [2.45, 2.75) is 239 Å². The van der Waals surface area contributed by atoms with E-state index in [1.165, 1.54) is 62.4 Å². The Morgan fingerprint density at radius 2 is 0.636 bits per heavy atom. The highest BCUT2D eigenvalue weighted by Crippen LogP contribution is 2.49. The van der Waals surface area contributed by atoms with Crippen LogP contribution in [0.2, 0.25) is 0 Å². The van der Waals surface area contributed by atoms with Crippen LogP contribution >= 0.6 is 0 Å². The molecule has 143 heavy (non-hydrogen) atoms. The van der Waals surface area contributed by atoms with Gasteiger partial charge >= 0.3 is 36.0 Å². The maximum Gasteiger partial charge on any atom is 0.412 e. The molecule has 5 aliphatic rings. The number of nitrogens with zero attached hydrogens (tertiary/aromatic N) is 4. The topological polar surface area (TPSA) is 294 Å². The highest BCUT2D eigenvalue weighted by atomic mass is 19.2. The van der Waals surface area contributed by atoms with Crippen LogP contribution in [0.25, 0.3) is 24.3 Å². The molecular formula is C109H123F12N7O15. The van der Waals surface area contributed by atoms with Crippen molar-refractivity contribution in [3.05, 3.63) is 281 Å². The number of nitrogens with one attached hydrogen (secondary N) is 3. The number of alkyl halides is 4. The smallest absolute Gasteiger partial charge is 0.412 e. The Labute approximate surface area is 824 Å². The first-order chi connectivity index (χ1) is 66.7. The van der Waals surface area contributed by atoms with Gasteiger partial charge in [-0.1, -0.05) is 31.2 Å². The molecular weight excluding hydrogens is 1880 g/mol. The van der Waals surface area contributed by atoms with Crippen LogP contribution in [-0.4, -0.2) is 186 Å². The third-order valence-corrected chi connectivity index (χ3v) is 24.3. The van der Waals surface area contributed by atoms with Crippen molar-refractivity contribution in [2.24, 2.45) is 5.92 Å². The van der Waals surface area contributed by atoms with Crippen molar-refractivity contribution in [1.82, 2.24) is 24.9 Å². The summed E-state index contributed by atoms with van der Waals surface area (Å²) in [5, 5.41) is 43.1. The van der Waals surface area contributed by atoms with Crippen molar-refractivity contribution >= 4 is 83.2 Å². The van der Waals surface area contributed by atoms with Crippen LogP contribution in [-0.2, 0) is 59.2 Å². The van der Waals surface area contributed by atoms with Crippen molar-refractivity contribution in [1.29, 1.82) is 0 Å². The number of carboxylic acid groups (broad SMARTS) is 4. The maximum atomic E-state index is 15.4. The number of hydrogen-bond acceptors (Lipinski definition) is 15. The molecule has 8 unspecified atom stereocenters. The predicted molar refractivity (Wildman–Crippen MR) is 522 cm³/mol. The average Bonchev–Trinajstić information content (AvgIpc) is 1.48. The predicted octanol–water partition coefficient (Wildman–Crippen LogP) is 22.8. The fraction of sp³-hybridized carbons (Fsp3) is 0.413. The summed E-state index contributed by atoms with van der Waals surface area (Å²) in [5.41, 5.74) is -1.29. The molecule has 8 aromatic carbocycles. The summed E-state index contributed by atoms with van der Waals surface area (Å²) >= 11 is 0. The molecule has 0 spiro atoms. The number of aliphatic carboxylic acids is 4. The summed E-state index contributed by atoms with van der Waals surface area (Å²) in [7, 11) is 1.49. The molecule has 22 nitrogen and oxygen atoms in total.